The van der Waals surface area contributed by atoms with Crippen LogP contribution in [-0.2, 0) is 10.0 Å². The van der Waals surface area contributed by atoms with E-state index >= 15 is 0 Å². The maximum absolute atomic E-state index is 10.6. The summed E-state index contributed by atoms with van der Waals surface area (Å²) in [6, 6.07) is 3.28. The Morgan fingerprint density at radius 1 is 1.57 bits per heavy atom. The molecule has 0 atom stereocenters. The number of nitrogens with one attached hydrogen (secondary N) is 1. The molecule has 6 nitrogen and oxygen atoms in total. The van der Waals surface area contributed by atoms with E-state index in [9.17, 15) is 8.42 Å². The number of anilines is 1. The number of nitrogen functional groups attached to an aromatic ring is 1. The zero-order chi connectivity index (χ0) is 10.6. The van der Waals surface area contributed by atoms with Crippen LogP contribution in [0, 0.1) is 0 Å². The first kappa shape index (κ1) is 10.5. The molecule has 0 unspecified atom stereocenters. The number of rotatable bonds is 3. The number of pyridine rings is 1. The third-order valence-corrected chi connectivity index (χ3v) is 1.68. The second-order valence-corrected chi connectivity index (χ2v) is 4.36. The molecule has 76 valence electrons. The van der Waals surface area contributed by atoms with E-state index in [1.54, 1.807) is 12.1 Å². The lowest BCUT2D eigenvalue weighted by Gasteiger charge is -1.95. The number of hydrazone groups is 1. The van der Waals surface area contributed by atoms with Crippen LogP contribution < -0.4 is 10.6 Å². The van der Waals surface area contributed by atoms with Gasteiger partial charge in [-0.25, -0.2) is 18.2 Å². The Kier molecular flexibility index (Phi) is 3.03. The van der Waals surface area contributed by atoms with Crippen molar-refractivity contribution in [3.8, 4) is 0 Å². The van der Waals surface area contributed by atoms with Crippen LogP contribution in [0.3, 0.4) is 0 Å². The molecular formula is C7H10N4O2S. The SMILES string of the molecule is CS(=O)(=O)N/N=C/c1ccc(N)nc1. The van der Waals surface area contributed by atoms with Gasteiger partial charge in [-0.3, -0.25) is 0 Å². The van der Waals surface area contributed by atoms with Crippen molar-refractivity contribution < 1.29 is 8.42 Å². The molecule has 0 aliphatic heterocycles. The van der Waals surface area contributed by atoms with Crippen molar-refractivity contribution in [2.75, 3.05) is 12.0 Å². The maximum Gasteiger partial charge on any atom is 0.244 e. The maximum atomic E-state index is 10.6. The molecule has 0 aliphatic carbocycles. The summed E-state index contributed by atoms with van der Waals surface area (Å²) < 4.78 is 21.2. The lowest BCUT2D eigenvalue weighted by molar-refractivity contribution is 0.591. The fraction of sp³-hybridized carbons (Fsp3) is 0.143. The Hall–Kier alpha value is -1.63. The van der Waals surface area contributed by atoms with Crippen LogP contribution in [0.2, 0.25) is 0 Å². The molecule has 0 aromatic carbocycles. The molecule has 1 heterocycles. The zero-order valence-electron chi connectivity index (χ0n) is 7.51. The van der Waals surface area contributed by atoms with Gasteiger partial charge in [0.05, 0.1) is 12.5 Å². The van der Waals surface area contributed by atoms with E-state index in [0.29, 0.717) is 11.4 Å². The first-order chi connectivity index (χ1) is 6.47. The Morgan fingerprint density at radius 2 is 2.29 bits per heavy atom. The highest BCUT2D eigenvalue weighted by atomic mass is 32.2. The van der Waals surface area contributed by atoms with Crippen molar-refractivity contribution in [3.63, 3.8) is 0 Å². The fourth-order valence-corrected chi connectivity index (χ4v) is 0.934. The predicted molar refractivity (Wildman–Crippen MR) is 54.2 cm³/mol. The Labute approximate surface area is 81.9 Å². The lowest BCUT2D eigenvalue weighted by Crippen LogP contribution is -2.15. The monoisotopic (exact) mass is 214 g/mol. The van der Waals surface area contributed by atoms with Crippen LogP contribution in [0.25, 0.3) is 0 Å². The van der Waals surface area contributed by atoms with Crippen molar-refractivity contribution >= 4 is 22.1 Å². The number of nitrogens with two attached hydrogens (primary N) is 1. The smallest absolute Gasteiger partial charge is 0.244 e. The summed E-state index contributed by atoms with van der Waals surface area (Å²) in [5.74, 6) is 0.401. The minimum atomic E-state index is -3.30. The van der Waals surface area contributed by atoms with E-state index < -0.39 is 10.0 Å². The summed E-state index contributed by atoms with van der Waals surface area (Å²) in [6.45, 7) is 0. The highest BCUT2D eigenvalue weighted by molar-refractivity contribution is 7.88. The number of hydrogen-bond donors (Lipinski definition) is 2. The largest absolute Gasteiger partial charge is 0.384 e. The minimum Gasteiger partial charge on any atom is -0.384 e. The Balaban J connectivity index is 2.65. The summed E-state index contributed by atoms with van der Waals surface area (Å²) >= 11 is 0. The molecule has 0 fully saturated rings. The zero-order valence-corrected chi connectivity index (χ0v) is 8.32. The second-order valence-electron chi connectivity index (χ2n) is 2.64. The molecule has 0 bridgehead atoms. The fourth-order valence-electron chi connectivity index (χ4n) is 0.690. The first-order valence-corrected chi connectivity index (χ1v) is 5.58. The molecule has 3 N–H and O–H groups in total. The molecule has 14 heavy (non-hydrogen) atoms. The van der Waals surface area contributed by atoms with E-state index in [1.165, 1.54) is 12.4 Å². The minimum absolute atomic E-state index is 0.401. The van der Waals surface area contributed by atoms with Gasteiger partial charge in [0.2, 0.25) is 10.0 Å². The third kappa shape index (κ3) is 3.85. The van der Waals surface area contributed by atoms with E-state index in [0.717, 1.165) is 6.26 Å². The summed E-state index contributed by atoms with van der Waals surface area (Å²) in [5, 5.41) is 3.50. The molecule has 7 heteroatoms. The number of sulfonamides is 1. The Bertz CT molecular complexity index is 424. The first-order valence-electron chi connectivity index (χ1n) is 3.69. The molecule has 1 aromatic heterocycles. The molecule has 0 amide bonds. The van der Waals surface area contributed by atoms with Gasteiger partial charge in [0.15, 0.2) is 0 Å². The number of hydrogen-bond acceptors (Lipinski definition) is 5. The quantitative estimate of drug-likeness (QED) is 0.526. The van der Waals surface area contributed by atoms with E-state index in [-0.39, 0.29) is 0 Å². The second kappa shape index (κ2) is 4.05. The lowest BCUT2D eigenvalue weighted by atomic mass is 10.3. The van der Waals surface area contributed by atoms with Gasteiger partial charge < -0.3 is 5.73 Å². The summed E-state index contributed by atoms with van der Waals surface area (Å²) in [5.41, 5.74) is 6.02. The van der Waals surface area contributed by atoms with Crippen molar-refractivity contribution in [1.82, 2.24) is 9.82 Å². The third-order valence-electron chi connectivity index (χ3n) is 1.24. The normalized spacial score (nSPS) is 11.8. The Morgan fingerprint density at radius 3 is 2.79 bits per heavy atom. The highest BCUT2D eigenvalue weighted by Crippen LogP contribution is 1.97. The predicted octanol–water partition coefficient (Wildman–Crippen LogP) is -0.453. The van der Waals surface area contributed by atoms with E-state index in [4.69, 9.17) is 5.73 Å². The van der Waals surface area contributed by atoms with E-state index in [1.807, 2.05) is 4.83 Å². The average molecular weight is 214 g/mol. The van der Waals surface area contributed by atoms with Gasteiger partial charge in [-0.2, -0.15) is 5.10 Å². The summed E-state index contributed by atoms with van der Waals surface area (Å²) in [6.07, 6.45) is 3.85. The summed E-state index contributed by atoms with van der Waals surface area (Å²) in [4.78, 5) is 5.77. The van der Waals surface area contributed by atoms with Gasteiger partial charge in [0, 0.05) is 11.8 Å². The molecule has 1 aromatic rings. The molecule has 0 radical (unpaired) electrons. The van der Waals surface area contributed by atoms with Crippen LogP contribution in [0.5, 0.6) is 0 Å². The molecule has 0 aliphatic rings. The van der Waals surface area contributed by atoms with Crippen LogP contribution >= 0.6 is 0 Å². The van der Waals surface area contributed by atoms with Gasteiger partial charge in [-0.05, 0) is 12.1 Å². The summed E-state index contributed by atoms with van der Waals surface area (Å²) in [7, 11) is -3.30. The highest BCUT2D eigenvalue weighted by Gasteiger charge is 1.94. The van der Waals surface area contributed by atoms with Gasteiger partial charge in [0.25, 0.3) is 0 Å². The molecule has 0 saturated heterocycles. The van der Waals surface area contributed by atoms with Crippen LogP contribution in [0.1, 0.15) is 5.56 Å². The van der Waals surface area contributed by atoms with Crippen LogP contribution in [0.15, 0.2) is 23.4 Å². The van der Waals surface area contributed by atoms with Gasteiger partial charge in [-0.1, -0.05) is 0 Å². The molecule has 0 saturated carbocycles. The van der Waals surface area contributed by atoms with Gasteiger partial charge in [0.1, 0.15) is 5.82 Å². The van der Waals surface area contributed by atoms with Crippen LogP contribution in [0.4, 0.5) is 5.82 Å². The van der Waals surface area contributed by atoms with Gasteiger partial charge >= 0.3 is 0 Å². The molecule has 0 spiro atoms. The standard InChI is InChI=1S/C7H10N4O2S/c1-14(12,13)11-10-5-6-2-3-7(8)9-4-6/h2-5,11H,1H3,(H2,8,9)/b10-5+. The topological polar surface area (TPSA) is 97.4 Å². The molecular weight excluding hydrogens is 204 g/mol. The van der Waals surface area contributed by atoms with Crippen molar-refractivity contribution in [2.45, 2.75) is 0 Å². The average Bonchev–Trinajstić information content (AvgIpc) is 2.06. The number of nitrogens with zero attached hydrogens (tertiary/aromatic N) is 2. The van der Waals surface area contributed by atoms with Crippen molar-refractivity contribution in [2.24, 2.45) is 5.10 Å². The molecule has 1 rings (SSSR count). The number of aromatic nitrogens is 1. The van der Waals surface area contributed by atoms with Crippen molar-refractivity contribution in [1.29, 1.82) is 0 Å². The van der Waals surface area contributed by atoms with Crippen LogP contribution in [-0.4, -0.2) is 25.9 Å². The van der Waals surface area contributed by atoms with Gasteiger partial charge in [-0.15, -0.1) is 0 Å². The van der Waals surface area contributed by atoms with E-state index in [2.05, 4.69) is 10.1 Å². The van der Waals surface area contributed by atoms with Crippen molar-refractivity contribution in [3.05, 3.63) is 23.9 Å².